The van der Waals surface area contributed by atoms with Gasteiger partial charge in [-0.15, -0.1) is 11.3 Å². The molecule has 0 bridgehead atoms. The first-order valence-corrected chi connectivity index (χ1v) is 8.23. The molecular weight excluding hydrogens is 290 g/mol. The van der Waals surface area contributed by atoms with Gasteiger partial charge in [0.15, 0.2) is 5.75 Å². The van der Waals surface area contributed by atoms with Gasteiger partial charge in [-0.1, -0.05) is 18.2 Å². The minimum Gasteiger partial charge on any atom is -0.449 e. The summed E-state index contributed by atoms with van der Waals surface area (Å²) in [5.74, 6) is 1.93. The predicted molar refractivity (Wildman–Crippen MR) is 90.8 cm³/mol. The molecule has 0 atom stereocenters. The number of hydrogen-bond donors (Lipinski definition) is 0. The van der Waals surface area contributed by atoms with Crippen molar-refractivity contribution in [2.75, 3.05) is 0 Å². The molecule has 3 heterocycles. The van der Waals surface area contributed by atoms with Gasteiger partial charge in [0, 0.05) is 27.6 Å². The molecule has 5 rings (SSSR count). The number of nitrogens with zero attached hydrogens (tertiary/aromatic N) is 1. The Bertz CT molecular complexity index is 1080. The van der Waals surface area contributed by atoms with Crippen molar-refractivity contribution < 1.29 is 9.30 Å². The van der Waals surface area contributed by atoms with Crippen molar-refractivity contribution >= 4 is 32.3 Å². The summed E-state index contributed by atoms with van der Waals surface area (Å²) in [5, 5.41) is 4.57. The highest BCUT2D eigenvalue weighted by molar-refractivity contribution is 7.17. The lowest BCUT2D eigenvalue weighted by Crippen LogP contribution is -2.33. The quantitative estimate of drug-likeness (QED) is 0.369. The number of thiophene rings is 1. The second-order valence-electron chi connectivity index (χ2n) is 5.81. The average Bonchev–Trinajstić information content (AvgIpc) is 2.94. The number of ether oxygens (including phenoxy) is 1. The van der Waals surface area contributed by atoms with Gasteiger partial charge in [0.05, 0.1) is 10.9 Å². The molecule has 0 radical (unpaired) electrons. The molecule has 22 heavy (non-hydrogen) atoms. The molecule has 0 aliphatic carbocycles. The minimum atomic E-state index is 0.947. The van der Waals surface area contributed by atoms with Crippen LogP contribution in [0.2, 0.25) is 0 Å². The van der Waals surface area contributed by atoms with Crippen LogP contribution in [-0.2, 0) is 7.05 Å². The van der Waals surface area contributed by atoms with Gasteiger partial charge in [-0.05, 0) is 24.6 Å². The summed E-state index contributed by atoms with van der Waals surface area (Å²) in [6.07, 6.45) is 0. The second kappa shape index (κ2) is 4.08. The van der Waals surface area contributed by atoms with Gasteiger partial charge < -0.3 is 4.74 Å². The lowest BCUT2D eigenvalue weighted by molar-refractivity contribution is -0.633. The molecule has 1 aliphatic rings. The van der Waals surface area contributed by atoms with Crippen LogP contribution in [0.4, 0.5) is 0 Å². The molecule has 2 aromatic carbocycles. The number of benzene rings is 2. The van der Waals surface area contributed by atoms with Crippen LogP contribution in [0.5, 0.6) is 11.5 Å². The van der Waals surface area contributed by atoms with E-state index in [4.69, 9.17) is 4.74 Å². The van der Waals surface area contributed by atoms with Crippen molar-refractivity contribution in [2.45, 2.75) is 6.92 Å². The molecule has 0 spiro atoms. The van der Waals surface area contributed by atoms with Gasteiger partial charge in [-0.25, -0.2) is 0 Å². The summed E-state index contributed by atoms with van der Waals surface area (Å²) in [7, 11) is 2.13. The molecule has 2 aromatic heterocycles. The maximum Gasteiger partial charge on any atom is 0.256 e. The monoisotopic (exact) mass is 304 g/mol. The van der Waals surface area contributed by atoms with E-state index in [1.54, 1.807) is 11.3 Å². The van der Waals surface area contributed by atoms with Crippen LogP contribution in [0.15, 0.2) is 47.8 Å². The van der Waals surface area contributed by atoms with Gasteiger partial charge in [-0.3, -0.25) is 0 Å². The molecule has 0 saturated heterocycles. The van der Waals surface area contributed by atoms with Crippen LogP contribution in [0.25, 0.3) is 32.2 Å². The summed E-state index contributed by atoms with van der Waals surface area (Å²) in [6.45, 7) is 2.18. The fourth-order valence-corrected chi connectivity index (χ4v) is 4.35. The van der Waals surface area contributed by atoms with E-state index in [-0.39, 0.29) is 0 Å². The van der Waals surface area contributed by atoms with Gasteiger partial charge in [0.2, 0.25) is 5.52 Å². The Morgan fingerprint density at radius 2 is 1.91 bits per heavy atom. The molecule has 0 fully saturated rings. The molecule has 0 saturated carbocycles. The zero-order chi connectivity index (χ0) is 14.8. The number of pyridine rings is 1. The first-order chi connectivity index (χ1) is 10.7. The van der Waals surface area contributed by atoms with Crippen LogP contribution in [-0.4, -0.2) is 0 Å². The van der Waals surface area contributed by atoms with Gasteiger partial charge >= 0.3 is 0 Å². The fourth-order valence-electron chi connectivity index (χ4n) is 3.48. The lowest BCUT2D eigenvalue weighted by Gasteiger charge is -2.18. The Hall–Kier alpha value is -2.39. The summed E-state index contributed by atoms with van der Waals surface area (Å²) in [6, 6.07) is 15.0. The topological polar surface area (TPSA) is 13.1 Å². The zero-order valence-electron chi connectivity index (χ0n) is 12.4. The number of fused-ring (bicyclic) bond motifs is 3. The molecule has 1 aliphatic heterocycles. The van der Waals surface area contributed by atoms with Gasteiger partial charge in [-0.2, -0.15) is 4.57 Å². The average molecular weight is 304 g/mol. The minimum absolute atomic E-state index is 0.947. The highest BCUT2D eigenvalue weighted by atomic mass is 32.1. The first kappa shape index (κ1) is 12.2. The highest BCUT2D eigenvalue weighted by Gasteiger charge is 2.31. The van der Waals surface area contributed by atoms with Crippen molar-refractivity contribution in [2.24, 2.45) is 7.05 Å². The molecule has 2 nitrogen and oxygen atoms in total. The fraction of sp³-hybridized carbons (Fsp3) is 0.105. The third-order valence-corrected chi connectivity index (χ3v) is 5.45. The van der Waals surface area contributed by atoms with Crippen molar-refractivity contribution in [3.8, 4) is 22.8 Å². The van der Waals surface area contributed by atoms with Gasteiger partial charge in [0.1, 0.15) is 12.8 Å². The number of aryl methyl sites for hydroxylation is 2. The second-order valence-corrected chi connectivity index (χ2v) is 6.72. The number of para-hydroxylation sites is 1. The Morgan fingerprint density at radius 1 is 1.05 bits per heavy atom. The van der Waals surface area contributed by atoms with E-state index in [1.165, 1.54) is 37.8 Å². The van der Waals surface area contributed by atoms with E-state index in [2.05, 4.69) is 66.4 Å². The molecule has 106 valence electrons. The van der Waals surface area contributed by atoms with E-state index >= 15 is 0 Å². The van der Waals surface area contributed by atoms with E-state index in [0.29, 0.717) is 0 Å². The largest absolute Gasteiger partial charge is 0.449 e. The smallest absolute Gasteiger partial charge is 0.256 e. The summed E-state index contributed by atoms with van der Waals surface area (Å²) in [5.41, 5.74) is 5.00. The molecule has 3 heteroatoms. The summed E-state index contributed by atoms with van der Waals surface area (Å²) < 4.78 is 9.77. The third-order valence-electron chi connectivity index (χ3n) is 4.53. The van der Waals surface area contributed by atoms with Crippen molar-refractivity contribution in [3.05, 3.63) is 53.4 Å². The number of rotatable bonds is 0. The SMILES string of the molecule is Cc1ccc2scc3c2c1-c1c(cc2ccccc2[n+]1C)O3. The molecule has 0 amide bonds. The zero-order valence-corrected chi connectivity index (χ0v) is 13.2. The molecule has 0 unspecified atom stereocenters. The van der Waals surface area contributed by atoms with Crippen LogP contribution in [0.1, 0.15) is 5.56 Å². The van der Waals surface area contributed by atoms with Crippen LogP contribution in [0, 0.1) is 6.92 Å². The Balaban J connectivity index is 2.02. The Labute approximate surface area is 132 Å². The summed E-state index contributed by atoms with van der Waals surface area (Å²) >= 11 is 1.75. The lowest BCUT2D eigenvalue weighted by atomic mass is 9.97. The predicted octanol–water partition coefficient (Wildman–Crippen LogP) is 4.96. The van der Waals surface area contributed by atoms with E-state index in [9.17, 15) is 0 Å². The standard InChI is InChI=1S/C19H14NOS/c1-11-7-8-16-18-15(10-22-16)21-14-9-12-5-3-4-6-13(12)20(2)19(14)17(11)18/h3-10H,1-2H3/q+1. The maximum atomic E-state index is 6.22. The summed E-state index contributed by atoms with van der Waals surface area (Å²) in [4.78, 5) is 0. The van der Waals surface area contributed by atoms with Crippen molar-refractivity contribution in [1.82, 2.24) is 0 Å². The van der Waals surface area contributed by atoms with Crippen molar-refractivity contribution in [3.63, 3.8) is 0 Å². The molecule has 4 aromatic rings. The normalized spacial score (nSPS) is 12.5. The van der Waals surface area contributed by atoms with Crippen LogP contribution in [0.3, 0.4) is 0 Å². The maximum absolute atomic E-state index is 6.22. The molecule has 0 N–H and O–H groups in total. The van der Waals surface area contributed by atoms with Gasteiger partial charge in [0.25, 0.3) is 5.69 Å². The number of hydrogen-bond acceptors (Lipinski definition) is 2. The Kier molecular flexibility index (Phi) is 2.26. The van der Waals surface area contributed by atoms with Crippen molar-refractivity contribution in [1.29, 1.82) is 0 Å². The van der Waals surface area contributed by atoms with Crippen LogP contribution < -0.4 is 9.30 Å². The van der Waals surface area contributed by atoms with E-state index < -0.39 is 0 Å². The Morgan fingerprint density at radius 3 is 2.82 bits per heavy atom. The highest BCUT2D eigenvalue weighted by Crippen LogP contribution is 2.49. The van der Waals surface area contributed by atoms with E-state index in [0.717, 1.165) is 11.5 Å². The third kappa shape index (κ3) is 1.41. The number of aromatic nitrogens is 1. The van der Waals surface area contributed by atoms with E-state index in [1.807, 2.05) is 0 Å². The van der Waals surface area contributed by atoms with Crippen LogP contribution >= 0.6 is 11.3 Å². The first-order valence-electron chi connectivity index (χ1n) is 7.35. The molecular formula is C19H14NOS+.